The Morgan fingerprint density at radius 1 is 1.35 bits per heavy atom. The predicted octanol–water partition coefficient (Wildman–Crippen LogP) is 1.90. The number of hydrogen-bond acceptors (Lipinski definition) is 4. The Morgan fingerprint density at radius 3 is 2.60 bits per heavy atom. The lowest BCUT2D eigenvalue weighted by atomic mass is 10.2. The van der Waals surface area contributed by atoms with Gasteiger partial charge in [0.1, 0.15) is 5.82 Å². The number of hydrogen-bond donors (Lipinski definition) is 1. The number of aromatic nitrogens is 3. The molecule has 0 saturated carbocycles. The van der Waals surface area contributed by atoms with Crippen LogP contribution in [0.3, 0.4) is 0 Å². The second-order valence-corrected chi connectivity index (χ2v) is 6.53. The van der Waals surface area contributed by atoms with E-state index in [1.807, 2.05) is 6.92 Å². The highest BCUT2D eigenvalue weighted by Gasteiger charge is 2.21. The SMILES string of the molecule is CCCn1c(-c2cc(F)cc(Br)c2)nnc1S(N)(=O)=O. The lowest BCUT2D eigenvalue weighted by Crippen LogP contribution is -2.19. The molecule has 0 aliphatic rings. The van der Waals surface area contributed by atoms with E-state index in [-0.39, 0.29) is 11.0 Å². The molecule has 6 nitrogen and oxygen atoms in total. The van der Waals surface area contributed by atoms with Gasteiger partial charge in [-0.05, 0) is 24.6 Å². The van der Waals surface area contributed by atoms with E-state index in [4.69, 9.17) is 5.14 Å². The summed E-state index contributed by atoms with van der Waals surface area (Å²) in [5, 5.41) is 12.2. The van der Waals surface area contributed by atoms with Crippen molar-refractivity contribution in [1.29, 1.82) is 0 Å². The third-order valence-electron chi connectivity index (χ3n) is 2.54. The Bertz CT molecular complexity index is 725. The van der Waals surface area contributed by atoms with Crippen molar-refractivity contribution in [2.24, 2.45) is 5.14 Å². The fourth-order valence-electron chi connectivity index (χ4n) is 1.82. The van der Waals surface area contributed by atoms with Crippen LogP contribution in [0.15, 0.2) is 27.8 Å². The standard InChI is InChI=1S/C11H12BrFN4O2S/c1-2-3-17-10(15-16-11(17)20(14,18)19)7-4-8(12)6-9(13)5-7/h4-6H,2-3H2,1H3,(H2,14,18,19). The summed E-state index contributed by atoms with van der Waals surface area (Å²) in [5.41, 5.74) is 0.424. The first kappa shape index (κ1) is 15.1. The molecule has 2 aromatic rings. The van der Waals surface area contributed by atoms with Gasteiger partial charge in [0, 0.05) is 16.6 Å². The lowest BCUT2D eigenvalue weighted by molar-refractivity contribution is 0.559. The van der Waals surface area contributed by atoms with E-state index >= 15 is 0 Å². The van der Waals surface area contributed by atoms with Gasteiger partial charge in [0.25, 0.3) is 15.2 Å². The Morgan fingerprint density at radius 2 is 2.05 bits per heavy atom. The van der Waals surface area contributed by atoms with Crippen molar-refractivity contribution in [1.82, 2.24) is 14.8 Å². The van der Waals surface area contributed by atoms with Crippen molar-refractivity contribution >= 4 is 26.0 Å². The summed E-state index contributed by atoms with van der Waals surface area (Å²) < 4.78 is 38.3. The molecule has 2 N–H and O–H groups in total. The Hall–Kier alpha value is -1.32. The molecule has 1 aromatic carbocycles. The number of nitrogens with zero attached hydrogens (tertiary/aromatic N) is 3. The second kappa shape index (κ2) is 5.58. The summed E-state index contributed by atoms with van der Waals surface area (Å²) in [4.78, 5) is 0. The first-order valence-electron chi connectivity index (χ1n) is 5.75. The maximum atomic E-state index is 13.4. The van der Waals surface area contributed by atoms with Gasteiger partial charge in [0.2, 0.25) is 0 Å². The predicted molar refractivity (Wildman–Crippen MR) is 74.8 cm³/mol. The zero-order valence-electron chi connectivity index (χ0n) is 10.5. The van der Waals surface area contributed by atoms with Crippen molar-refractivity contribution in [2.75, 3.05) is 0 Å². The molecule has 1 aromatic heterocycles. The van der Waals surface area contributed by atoms with Crippen LogP contribution in [-0.4, -0.2) is 23.2 Å². The lowest BCUT2D eigenvalue weighted by Gasteiger charge is -2.08. The van der Waals surface area contributed by atoms with E-state index in [9.17, 15) is 12.8 Å². The Kier molecular flexibility index (Phi) is 4.21. The highest BCUT2D eigenvalue weighted by molar-refractivity contribution is 9.10. The minimum absolute atomic E-state index is 0.260. The number of benzene rings is 1. The zero-order valence-corrected chi connectivity index (χ0v) is 12.9. The van der Waals surface area contributed by atoms with Crippen LogP contribution in [0.4, 0.5) is 4.39 Å². The first-order chi connectivity index (χ1) is 9.32. The fraction of sp³-hybridized carbons (Fsp3) is 0.273. The van der Waals surface area contributed by atoms with E-state index in [1.54, 1.807) is 6.07 Å². The van der Waals surface area contributed by atoms with E-state index < -0.39 is 15.8 Å². The monoisotopic (exact) mass is 362 g/mol. The second-order valence-electron chi connectivity index (χ2n) is 4.16. The third-order valence-corrected chi connectivity index (χ3v) is 3.81. The number of rotatable bonds is 4. The molecule has 0 aliphatic carbocycles. The molecule has 0 atom stereocenters. The molecular formula is C11H12BrFN4O2S. The van der Waals surface area contributed by atoms with Gasteiger partial charge in [-0.1, -0.05) is 22.9 Å². The van der Waals surface area contributed by atoms with Crippen molar-refractivity contribution in [3.05, 3.63) is 28.5 Å². The van der Waals surface area contributed by atoms with Crippen molar-refractivity contribution < 1.29 is 12.8 Å². The number of primary sulfonamides is 1. The third kappa shape index (κ3) is 3.05. The minimum Gasteiger partial charge on any atom is -0.297 e. The molecule has 0 amide bonds. The molecule has 9 heteroatoms. The van der Waals surface area contributed by atoms with Crippen molar-refractivity contribution in [3.63, 3.8) is 0 Å². The molecule has 108 valence electrons. The molecule has 20 heavy (non-hydrogen) atoms. The number of sulfonamides is 1. The van der Waals surface area contributed by atoms with Crippen LogP contribution < -0.4 is 5.14 Å². The van der Waals surface area contributed by atoms with Crippen LogP contribution in [0, 0.1) is 5.82 Å². The molecule has 1 heterocycles. The summed E-state index contributed by atoms with van der Waals surface area (Å²) in [5.74, 6) is -0.200. The highest BCUT2D eigenvalue weighted by Crippen LogP contribution is 2.25. The van der Waals surface area contributed by atoms with Crippen molar-refractivity contribution in [2.45, 2.75) is 25.0 Å². The van der Waals surface area contributed by atoms with E-state index in [2.05, 4.69) is 26.1 Å². The summed E-state index contributed by atoms with van der Waals surface area (Å²) in [7, 11) is -3.98. The molecule has 0 bridgehead atoms. The molecular weight excluding hydrogens is 351 g/mol. The smallest absolute Gasteiger partial charge is 0.273 e. The van der Waals surface area contributed by atoms with Crippen molar-refractivity contribution in [3.8, 4) is 11.4 Å². The quantitative estimate of drug-likeness (QED) is 0.898. The average Bonchev–Trinajstić information content (AvgIpc) is 2.71. The largest absolute Gasteiger partial charge is 0.297 e. The Labute approximate surface area is 124 Å². The molecule has 0 aliphatic heterocycles. The molecule has 0 fully saturated rings. The van der Waals surface area contributed by atoms with E-state index in [1.165, 1.54) is 16.7 Å². The van der Waals surface area contributed by atoms with Crippen LogP contribution in [0.5, 0.6) is 0 Å². The molecule has 2 rings (SSSR count). The van der Waals surface area contributed by atoms with Gasteiger partial charge >= 0.3 is 0 Å². The van der Waals surface area contributed by atoms with E-state index in [0.717, 1.165) is 0 Å². The summed E-state index contributed by atoms with van der Waals surface area (Å²) in [6.45, 7) is 2.24. The van der Waals surface area contributed by atoms with Crippen LogP contribution in [0.25, 0.3) is 11.4 Å². The van der Waals surface area contributed by atoms with Gasteiger partial charge in [0.15, 0.2) is 5.82 Å². The van der Waals surface area contributed by atoms with Gasteiger partial charge < -0.3 is 0 Å². The van der Waals surface area contributed by atoms with Gasteiger partial charge in [-0.25, -0.2) is 17.9 Å². The Balaban J connectivity index is 2.65. The zero-order chi connectivity index (χ0) is 14.9. The van der Waals surface area contributed by atoms with Gasteiger partial charge in [-0.15, -0.1) is 10.2 Å². The van der Waals surface area contributed by atoms with Crippen LogP contribution in [0.2, 0.25) is 0 Å². The molecule has 0 unspecified atom stereocenters. The molecule has 0 spiro atoms. The van der Waals surface area contributed by atoms with Crippen LogP contribution in [-0.2, 0) is 16.6 Å². The highest BCUT2D eigenvalue weighted by atomic mass is 79.9. The molecule has 0 saturated heterocycles. The number of nitrogens with two attached hydrogens (primary N) is 1. The van der Waals surface area contributed by atoms with Crippen LogP contribution >= 0.6 is 15.9 Å². The normalized spacial score (nSPS) is 11.8. The molecule has 0 radical (unpaired) electrons. The van der Waals surface area contributed by atoms with Gasteiger partial charge in [-0.3, -0.25) is 4.57 Å². The summed E-state index contributed by atoms with van der Waals surface area (Å²) >= 11 is 3.18. The first-order valence-corrected chi connectivity index (χ1v) is 8.09. The summed E-state index contributed by atoms with van der Waals surface area (Å²) in [6, 6.07) is 4.19. The van der Waals surface area contributed by atoms with E-state index in [0.29, 0.717) is 23.0 Å². The maximum absolute atomic E-state index is 13.4. The summed E-state index contributed by atoms with van der Waals surface area (Å²) in [6.07, 6.45) is 0.657. The average molecular weight is 363 g/mol. The minimum atomic E-state index is -3.98. The topological polar surface area (TPSA) is 90.9 Å². The maximum Gasteiger partial charge on any atom is 0.273 e. The van der Waals surface area contributed by atoms with Gasteiger partial charge in [0.05, 0.1) is 0 Å². The number of halogens is 2. The van der Waals surface area contributed by atoms with Gasteiger partial charge in [-0.2, -0.15) is 0 Å². The van der Waals surface area contributed by atoms with Crippen LogP contribution in [0.1, 0.15) is 13.3 Å². The fourth-order valence-corrected chi connectivity index (χ4v) is 2.93.